The van der Waals surface area contributed by atoms with Crippen molar-refractivity contribution in [3.63, 3.8) is 0 Å². The average molecular weight is 380 g/mol. The maximum absolute atomic E-state index is 11.6. The van der Waals surface area contributed by atoms with Crippen molar-refractivity contribution in [2.45, 2.75) is 39.0 Å². The number of esters is 1. The Hall–Kier alpha value is -2.43. The zero-order chi connectivity index (χ0) is 19.8. The van der Waals surface area contributed by atoms with E-state index in [1.54, 1.807) is 6.08 Å². The fraction of sp³-hybridized carbons (Fsp3) is 0.375. The van der Waals surface area contributed by atoms with Crippen LogP contribution in [-0.4, -0.2) is 36.8 Å². The van der Waals surface area contributed by atoms with E-state index in [0.29, 0.717) is 6.61 Å². The van der Waals surface area contributed by atoms with E-state index in [9.17, 15) is 4.79 Å². The first-order chi connectivity index (χ1) is 13.7. The van der Waals surface area contributed by atoms with Crippen LogP contribution in [-0.2, 0) is 14.3 Å². The predicted octanol–water partition coefficient (Wildman–Crippen LogP) is 4.72. The number of rotatable bonds is 7. The van der Waals surface area contributed by atoms with Gasteiger partial charge in [0.2, 0.25) is 0 Å². The van der Waals surface area contributed by atoms with Crippen molar-refractivity contribution in [1.29, 1.82) is 0 Å². The number of nitrogens with zero attached hydrogens (tertiary/aromatic N) is 1. The van der Waals surface area contributed by atoms with Crippen LogP contribution in [0.4, 0.5) is 0 Å². The first-order valence-electron chi connectivity index (χ1n) is 10.0. The zero-order valence-corrected chi connectivity index (χ0v) is 16.7. The third-order valence-corrected chi connectivity index (χ3v) is 5.10. The Kier molecular flexibility index (Phi) is 7.40. The fourth-order valence-corrected chi connectivity index (χ4v) is 3.56. The largest absolute Gasteiger partial charge is 0.463 e. The molecule has 1 fully saturated rings. The molecule has 0 spiro atoms. The van der Waals surface area contributed by atoms with Gasteiger partial charge in [0.25, 0.3) is 0 Å². The van der Waals surface area contributed by atoms with E-state index in [0.717, 1.165) is 42.6 Å². The SMILES string of the molecule is CCOC(=O)C=C1CCN(C(C)OC(c2ccccc2)c2ccccc2)CC1. The van der Waals surface area contributed by atoms with Gasteiger partial charge in [0.1, 0.15) is 12.3 Å². The van der Waals surface area contributed by atoms with E-state index >= 15 is 0 Å². The second kappa shape index (κ2) is 10.2. The van der Waals surface area contributed by atoms with Gasteiger partial charge in [-0.1, -0.05) is 66.2 Å². The van der Waals surface area contributed by atoms with E-state index in [1.807, 2.05) is 43.3 Å². The maximum atomic E-state index is 11.6. The molecule has 1 saturated heterocycles. The predicted molar refractivity (Wildman–Crippen MR) is 111 cm³/mol. The quantitative estimate of drug-likeness (QED) is 0.515. The van der Waals surface area contributed by atoms with Crippen molar-refractivity contribution in [3.05, 3.63) is 83.4 Å². The Morgan fingerprint density at radius 2 is 1.54 bits per heavy atom. The Balaban J connectivity index is 1.65. The molecule has 4 heteroatoms. The van der Waals surface area contributed by atoms with Crippen LogP contribution in [0.25, 0.3) is 0 Å². The Labute approximate surface area is 167 Å². The Bertz CT molecular complexity index is 723. The van der Waals surface area contributed by atoms with E-state index in [-0.39, 0.29) is 18.3 Å². The molecule has 0 radical (unpaired) electrons. The Morgan fingerprint density at radius 3 is 2.04 bits per heavy atom. The number of piperidine rings is 1. The third kappa shape index (κ3) is 5.54. The highest BCUT2D eigenvalue weighted by atomic mass is 16.5. The average Bonchev–Trinajstić information content (AvgIpc) is 2.74. The highest BCUT2D eigenvalue weighted by Gasteiger charge is 2.24. The molecule has 2 aromatic carbocycles. The number of carbonyl (C=O) groups is 1. The summed E-state index contributed by atoms with van der Waals surface area (Å²) < 4.78 is 11.5. The number of hydrogen-bond donors (Lipinski definition) is 0. The van der Waals surface area contributed by atoms with Gasteiger partial charge in [-0.05, 0) is 37.8 Å². The van der Waals surface area contributed by atoms with Gasteiger partial charge in [-0.15, -0.1) is 0 Å². The van der Waals surface area contributed by atoms with Gasteiger partial charge in [-0.2, -0.15) is 0 Å². The zero-order valence-electron chi connectivity index (χ0n) is 16.7. The van der Waals surface area contributed by atoms with Crippen molar-refractivity contribution in [2.75, 3.05) is 19.7 Å². The topological polar surface area (TPSA) is 38.8 Å². The second-order valence-corrected chi connectivity index (χ2v) is 7.03. The lowest BCUT2D eigenvalue weighted by Gasteiger charge is -2.35. The number of likely N-dealkylation sites (tertiary alicyclic amines) is 1. The molecule has 0 N–H and O–H groups in total. The Morgan fingerprint density at radius 1 is 1.00 bits per heavy atom. The molecule has 2 aromatic rings. The molecule has 0 saturated carbocycles. The van der Waals surface area contributed by atoms with Crippen LogP contribution in [0.3, 0.4) is 0 Å². The summed E-state index contributed by atoms with van der Waals surface area (Å²) in [6.45, 7) is 6.11. The molecule has 1 aliphatic heterocycles. The summed E-state index contributed by atoms with van der Waals surface area (Å²) in [4.78, 5) is 14.0. The standard InChI is InChI=1S/C24H29NO3/c1-3-27-23(26)18-20-14-16-25(17-15-20)19(2)28-24(21-10-6-4-7-11-21)22-12-8-5-9-13-22/h4-13,18-19,24H,3,14-17H2,1-2H3. The molecule has 0 aromatic heterocycles. The van der Waals surface area contributed by atoms with Gasteiger partial charge in [-0.25, -0.2) is 4.79 Å². The van der Waals surface area contributed by atoms with Gasteiger partial charge in [-0.3, -0.25) is 4.90 Å². The van der Waals surface area contributed by atoms with E-state index in [1.165, 1.54) is 0 Å². The number of hydrogen-bond acceptors (Lipinski definition) is 4. The summed E-state index contributed by atoms with van der Waals surface area (Å²) in [6.07, 6.45) is 3.27. The van der Waals surface area contributed by atoms with Gasteiger partial charge in [0.05, 0.1) is 6.61 Å². The molecule has 0 amide bonds. The third-order valence-electron chi connectivity index (χ3n) is 5.10. The van der Waals surface area contributed by atoms with Crippen LogP contribution >= 0.6 is 0 Å². The molecule has 4 nitrogen and oxygen atoms in total. The molecule has 1 unspecified atom stereocenters. The van der Waals surface area contributed by atoms with Crippen molar-refractivity contribution in [1.82, 2.24) is 4.90 Å². The molecule has 1 heterocycles. The second-order valence-electron chi connectivity index (χ2n) is 7.03. The molecular weight excluding hydrogens is 350 g/mol. The summed E-state index contributed by atoms with van der Waals surface area (Å²) >= 11 is 0. The lowest BCUT2D eigenvalue weighted by molar-refractivity contribution is -0.137. The van der Waals surface area contributed by atoms with Gasteiger partial charge < -0.3 is 9.47 Å². The van der Waals surface area contributed by atoms with E-state index in [2.05, 4.69) is 36.1 Å². The van der Waals surface area contributed by atoms with Crippen molar-refractivity contribution in [3.8, 4) is 0 Å². The summed E-state index contributed by atoms with van der Waals surface area (Å²) in [5.74, 6) is -0.233. The summed E-state index contributed by atoms with van der Waals surface area (Å²) in [7, 11) is 0. The summed E-state index contributed by atoms with van der Waals surface area (Å²) in [5.41, 5.74) is 3.46. The van der Waals surface area contributed by atoms with Crippen LogP contribution in [0, 0.1) is 0 Å². The van der Waals surface area contributed by atoms with Gasteiger partial charge in [0.15, 0.2) is 0 Å². The lowest BCUT2D eigenvalue weighted by Crippen LogP contribution is -2.40. The van der Waals surface area contributed by atoms with E-state index in [4.69, 9.17) is 9.47 Å². The minimum absolute atomic E-state index is 0.0189. The van der Waals surface area contributed by atoms with E-state index < -0.39 is 0 Å². The highest BCUT2D eigenvalue weighted by molar-refractivity contribution is 5.82. The fourth-order valence-electron chi connectivity index (χ4n) is 3.56. The number of benzene rings is 2. The maximum Gasteiger partial charge on any atom is 0.330 e. The highest BCUT2D eigenvalue weighted by Crippen LogP contribution is 2.29. The first kappa shape index (κ1) is 20.3. The van der Waals surface area contributed by atoms with Crippen LogP contribution < -0.4 is 0 Å². The number of ether oxygens (including phenoxy) is 2. The number of carbonyl (C=O) groups excluding carboxylic acids is 1. The first-order valence-corrected chi connectivity index (χ1v) is 10.0. The molecule has 1 aliphatic rings. The van der Waals surface area contributed by atoms with Gasteiger partial charge in [0, 0.05) is 19.2 Å². The van der Waals surface area contributed by atoms with Gasteiger partial charge >= 0.3 is 5.97 Å². The minimum Gasteiger partial charge on any atom is -0.463 e. The van der Waals surface area contributed by atoms with Crippen molar-refractivity contribution < 1.29 is 14.3 Å². The minimum atomic E-state index is -0.233. The molecule has 0 bridgehead atoms. The molecule has 1 atom stereocenters. The summed E-state index contributed by atoms with van der Waals surface area (Å²) in [5, 5.41) is 0. The normalized spacial score (nSPS) is 16.0. The molecule has 28 heavy (non-hydrogen) atoms. The molecule has 0 aliphatic carbocycles. The summed E-state index contributed by atoms with van der Waals surface area (Å²) in [6, 6.07) is 20.7. The van der Waals surface area contributed by atoms with Crippen LogP contribution in [0.1, 0.15) is 43.9 Å². The monoisotopic (exact) mass is 379 g/mol. The van der Waals surface area contributed by atoms with Crippen molar-refractivity contribution in [2.24, 2.45) is 0 Å². The van der Waals surface area contributed by atoms with Crippen LogP contribution in [0.2, 0.25) is 0 Å². The van der Waals surface area contributed by atoms with Crippen molar-refractivity contribution >= 4 is 5.97 Å². The molecule has 148 valence electrons. The smallest absolute Gasteiger partial charge is 0.330 e. The molecule has 3 rings (SSSR count). The van der Waals surface area contributed by atoms with Crippen LogP contribution in [0.5, 0.6) is 0 Å². The molecular formula is C24H29NO3. The lowest BCUT2D eigenvalue weighted by atomic mass is 10.0. The van der Waals surface area contributed by atoms with Crippen LogP contribution in [0.15, 0.2) is 72.3 Å².